The summed E-state index contributed by atoms with van der Waals surface area (Å²) >= 11 is 7.14. The van der Waals surface area contributed by atoms with Crippen molar-refractivity contribution in [1.29, 1.82) is 0 Å². The number of anilines is 2. The van der Waals surface area contributed by atoms with E-state index >= 15 is 0 Å². The summed E-state index contributed by atoms with van der Waals surface area (Å²) in [5.41, 5.74) is 3.01. The summed E-state index contributed by atoms with van der Waals surface area (Å²) < 4.78 is 34.3. The van der Waals surface area contributed by atoms with Crippen LogP contribution in [0.1, 0.15) is 11.1 Å². The van der Waals surface area contributed by atoms with Crippen LogP contribution in [0.25, 0.3) is 10.6 Å². The van der Waals surface area contributed by atoms with Gasteiger partial charge < -0.3 is 4.74 Å². The molecular formula is C25H21ClN4O4S2. The van der Waals surface area contributed by atoms with Gasteiger partial charge in [0.05, 0.1) is 17.1 Å². The number of rotatable bonds is 5. The van der Waals surface area contributed by atoms with E-state index in [0.717, 1.165) is 16.7 Å². The first-order valence-electron chi connectivity index (χ1n) is 11.0. The van der Waals surface area contributed by atoms with Gasteiger partial charge in [0, 0.05) is 10.6 Å². The Labute approximate surface area is 217 Å². The summed E-state index contributed by atoms with van der Waals surface area (Å²) in [6.07, 6.45) is -1.09. The number of amides is 1. The van der Waals surface area contributed by atoms with Gasteiger partial charge in [-0.15, -0.1) is 10.2 Å². The molecule has 0 saturated carbocycles. The molecule has 1 aliphatic heterocycles. The third kappa shape index (κ3) is 4.79. The number of nitrogens with zero attached hydrogens (tertiary/aromatic N) is 3. The fraction of sp³-hybridized carbons (Fsp3) is 0.160. The third-order valence-corrected chi connectivity index (χ3v) is 8.57. The fourth-order valence-electron chi connectivity index (χ4n) is 3.73. The van der Waals surface area contributed by atoms with Gasteiger partial charge in [-0.25, -0.2) is 8.42 Å². The van der Waals surface area contributed by atoms with E-state index in [-0.39, 0.29) is 16.6 Å². The first-order chi connectivity index (χ1) is 17.2. The Morgan fingerprint density at radius 1 is 1.03 bits per heavy atom. The summed E-state index contributed by atoms with van der Waals surface area (Å²) in [5, 5.41) is 12.4. The average Bonchev–Trinajstić information content (AvgIpc) is 3.32. The van der Waals surface area contributed by atoms with Crippen LogP contribution in [-0.2, 0) is 14.8 Å². The molecule has 5 rings (SSSR count). The number of hydrogen-bond acceptors (Lipinski definition) is 7. The molecule has 0 aliphatic carbocycles. The Morgan fingerprint density at radius 2 is 1.72 bits per heavy atom. The predicted octanol–water partition coefficient (Wildman–Crippen LogP) is 5.07. The first-order valence-corrected chi connectivity index (χ1v) is 13.6. The van der Waals surface area contributed by atoms with Gasteiger partial charge in [0.1, 0.15) is 10.8 Å². The monoisotopic (exact) mass is 540 g/mol. The predicted molar refractivity (Wildman–Crippen MR) is 140 cm³/mol. The standard InChI is InChI=1S/C25H21ClN4O4S2/c1-15-3-10-19(11-4-15)36(32,33)30-14-22(34-21-13-16(2)5-12-20(21)30)23(31)27-25-29-28-24(35-25)17-6-8-18(26)9-7-17/h3-13,22H,14H2,1-2H3,(H,27,29,31)/t22-/m0/s1. The molecule has 1 aromatic heterocycles. The number of halogens is 1. The van der Waals surface area contributed by atoms with Gasteiger partial charge in [0.25, 0.3) is 15.9 Å². The molecule has 11 heteroatoms. The second-order valence-corrected chi connectivity index (χ2v) is 11.6. The number of carbonyl (C=O) groups is 1. The lowest BCUT2D eigenvalue weighted by molar-refractivity contribution is -0.122. The molecule has 2 heterocycles. The third-order valence-electron chi connectivity index (χ3n) is 5.63. The molecule has 1 N–H and O–H groups in total. The molecule has 0 radical (unpaired) electrons. The molecule has 184 valence electrons. The zero-order chi connectivity index (χ0) is 25.4. The lowest BCUT2D eigenvalue weighted by atomic mass is 10.1. The molecule has 0 saturated heterocycles. The molecule has 1 aliphatic rings. The highest BCUT2D eigenvalue weighted by atomic mass is 35.5. The number of hydrogen-bond donors (Lipinski definition) is 1. The van der Waals surface area contributed by atoms with E-state index in [0.29, 0.717) is 21.5 Å². The molecule has 0 bridgehead atoms. The number of aromatic nitrogens is 2. The van der Waals surface area contributed by atoms with E-state index in [1.54, 1.807) is 54.6 Å². The van der Waals surface area contributed by atoms with Crippen molar-refractivity contribution in [2.75, 3.05) is 16.2 Å². The van der Waals surface area contributed by atoms with Crippen molar-refractivity contribution in [2.24, 2.45) is 0 Å². The summed E-state index contributed by atoms with van der Waals surface area (Å²) in [5.74, 6) is -0.207. The maximum Gasteiger partial charge on any atom is 0.269 e. The number of aryl methyl sites for hydroxylation is 2. The number of carbonyl (C=O) groups excluding carboxylic acids is 1. The van der Waals surface area contributed by atoms with Crippen molar-refractivity contribution < 1.29 is 17.9 Å². The van der Waals surface area contributed by atoms with Crippen molar-refractivity contribution in [3.05, 3.63) is 82.9 Å². The minimum Gasteiger partial charge on any atom is -0.476 e. The minimum absolute atomic E-state index is 0.136. The van der Waals surface area contributed by atoms with Gasteiger partial charge in [0.2, 0.25) is 5.13 Å². The Balaban J connectivity index is 1.42. The van der Waals surface area contributed by atoms with Crippen LogP contribution >= 0.6 is 22.9 Å². The van der Waals surface area contributed by atoms with Crippen LogP contribution in [0.15, 0.2) is 71.6 Å². The number of benzene rings is 3. The molecular weight excluding hydrogens is 520 g/mol. The van der Waals surface area contributed by atoms with Crippen LogP contribution in [-0.4, -0.2) is 37.2 Å². The van der Waals surface area contributed by atoms with Crippen molar-refractivity contribution in [1.82, 2.24) is 10.2 Å². The molecule has 4 aromatic rings. The maximum atomic E-state index is 13.6. The van der Waals surface area contributed by atoms with Gasteiger partial charge in [-0.2, -0.15) is 0 Å². The smallest absolute Gasteiger partial charge is 0.269 e. The minimum atomic E-state index is -3.94. The van der Waals surface area contributed by atoms with Crippen LogP contribution in [0.3, 0.4) is 0 Å². The normalized spacial score (nSPS) is 15.2. The molecule has 3 aromatic carbocycles. The van der Waals surface area contributed by atoms with Gasteiger partial charge in [0.15, 0.2) is 6.10 Å². The van der Waals surface area contributed by atoms with Gasteiger partial charge >= 0.3 is 0 Å². The second-order valence-electron chi connectivity index (χ2n) is 8.34. The molecule has 1 atom stereocenters. The topological polar surface area (TPSA) is 101 Å². The van der Waals surface area contributed by atoms with E-state index in [1.807, 2.05) is 26.0 Å². The van der Waals surface area contributed by atoms with E-state index in [2.05, 4.69) is 15.5 Å². The Morgan fingerprint density at radius 3 is 2.44 bits per heavy atom. The van der Waals surface area contributed by atoms with Gasteiger partial charge in [-0.3, -0.25) is 14.4 Å². The lowest BCUT2D eigenvalue weighted by Gasteiger charge is -2.34. The van der Waals surface area contributed by atoms with E-state index in [4.69, 9.17) is 16.3 Å². The van der Waals surface area contributed by atoms with Crippen molar-refractivity contribution in [3.63, 3.8) is 0 Å². The van der Waals surface area contributed by atoms with Crippen molar-refractivity contribution in [3.8, 4) is 16.3 Å². The lowest BCUT2D eigenvalue weighted by Crippen LogP contribution is -2.48. The molecule has 0 fully saturated rings. The zero-order valence-electron chi connectivity index (χ0n) is 19.3. The van der Waals surface area contributed by atoms with Crippen LogP contribution in [0.2, 0.25) is 5.02 Å². The van der Waals surface area contributed by atoms with Crippen molar-refractivity contribution >= 4 is 49.7 Å². The summed E-state index contributed by atoms with van der Waals surface area (Å²) in [6.45, 7) is 3.56. The average molecular weight is 541 g/mol. The largest absolute Gasteiger partial charge is 0.476 e. The first kappa shape index (κ1) is 24.2. The summed E-state index contributed by atoms with van der Waals surface area (Å²) in [7, 11) is -3.94. The van der Waals surface area contributed by atoms with Crippen molar-refractivity contribution in [2.45, 2.75) is 24.8 Å². The molecule has 0 spiro atoms. The molecule has 36 heavy (non-hydrogen) atoms. The number of fused-ring (bicyclic) bond motifs is 1. The van der Waals surface area contributed by atoms with Gasteiger partial charge in [-0.1, -0.05) is 58.8 Å². The Hall–Kier alpha value is -3.47. The number of ether oxygens (including phenoxy) is 1. The van der Waals surface area contributed by atoms with E-state index in [1.165, 1.54) is 15.6 Å². The Kier molecular flexibility index (Phi) is 6.42. The summed E-state index contributed by atoms with van der Waals surface area (Å²) in [4.78, 5) is 13.3. The highest BCUT2D eigenvalue weighted by Gasteiger charge is 2.38. The SMILES string of the molecule is Cc1ccc(S(=O)(=O)N2C[C@@H](C(=O)Nc3nnc(-c4ccc(Cl)cc4)s3)Oc3cc(C)ccc32)cc1. The van der Waals surface area contributed by atoms with Crippen LogP contribution in [0, 0.1) is 13.8 Å². The quantitative estimate of drug-likeness (QED) is 0.379. The highest BCUT2D eigenvalue weighted by molar-refractivity contribution is 7.92. The second kappa shape index (κ2) is 9.53. The fourth-order valence-corrected chi connectivity index (χ4v) is 6.09. The highest BCUT2D eigenvalue weighted by Crippen LogP contribution is 2.38. The molecule has 0 unspecified atom stereocenters. The Bertz CT molecular complexity index is 1540. The van der Waals surface area contributed by atoms with Crippen LogP contribution < -0.4 is 14.4 Å². The molecule has 8 nitrogen and oxygen atoms in total. The number of sulfonamides is 1. The van der Waals surface area contributed by atoms with E-state index < -0.39 is 22.0 Å². The molecule has 1 amide bonds. The van der Waals surface area contributed by atoms with Crippen LogP contribution in [0.4, 0.5) is 10.8 Å². The maximum absolute atomic E-state index is 13.6. The van der Waals surface area contributed by atoms with Gasteiger partial charge in [-0.05, 0) is 55.8 Å². The number of nitrogens with one attached hydrogen (secondary N) is 1. The summed E-state index contributed by atoms with van der Waals surface area (Å²) in [6, 6.07) is 18.9. The van der Waals surface area contributed by atoms with Crippen LogP contribution in [0.5, 0.6) is 5.75 Å². The zero-order valence-corrected chi connectivity index (χ0v) is 21.7. The van der Waals surface area contributed by atoms with E-state index in [9.17, 15) is 13.2 Å².